The molecule has 2 aliphatic heterocycles. The van der Waals surface area contributed by atoms with Gasteiger partial charge in [-0.3, -0.25) is 14.4 Å². The van der Waals surface area contributed by atoms with Gasteiger partial charge in [0.05, 0.1) is 11.8 Å². The Morgan fingerprint density at radius 2 is 1.74 bits per heavy atom. The first kappa shape index (κ1) is 19.7. The molecule has 2 amide bonds. The first-order valence-electron chi connectivity index (χ1n) is 9.46. The monoisotopic (exact) mass is 392 g/mol. The fourth-order valence-electron chi connectivity index (χ4n) is 4.16. The average Bonchev–Trinajstić information content (AvgIpc) is 2.67. The van der Waals surface area contributed by atoms with Crippen molar-refractivity contribution >= 4 is 29.4 Å². The molecule has 27 heavy (non-hydrogen) atoms. The number of hydrogen-bond donors (Lipinski definition) is 1. The Bertz CT molecular complexity index is 721. The first-order chi connectivity index (χ1) is 12.9. The maximum Gasteiger partial charge on any atom is 0.308 e. The zero-order valence-electron chi connectivity index (χ0n) is 15.4. The summed E-state index contributed by atoms with van der Waals surface area (Å²) in [5, 5.41) is 9.95. The highest BCUT2D eigenvalue weighted by atomic mass is 35.5. The van der Waals surface area contributed by atoms with Gasteiger partial charge in [0.1, 0.15) is 0 Å². The normalized spacial score (nSPS) is 25.9. The lowest BCUT2D eigenvalue weighted by Gasteiger charge is -2.41. The Morgan fingerprint density at radius 3 is 2.41 bits per heavy atom. The minimum atomic E-state index is -0.844. The van der Waals surface area contributed by atoms with Gasteiger partial charge in [0.25, 0.3) is 5.91 Å². The number of carbonyl (C=O) groups excluding carboxylic acids is 2. The molecule has 0 bridgehead atoms. The summed E-state index contributed by atoms with van der Waals surface area (Å²) in [5.41, 5.74) is 0.560. The average molecular weight is 393 g/mol. The second-order valence-electron chi connectivity index (χ2n) is 7.46. The van der Waals surface area contributed by atoms with Crippen molar-refractivity contribution in [3.8, 4) is 0 Å². The van der Waals surface area contributed by atoms with Crippen molar-refractivity contribution in [1.29, 1.82) is 0 Å². The van der Waals surface area contributed by atoms with Gasteiger partial charge in [-0.1, -0.05) is 11.6 Å². The molecule has 0 saturated carbocycles. The number of carboxylic acid groups (broad SMARTS) is 1. The summed E-state index contributed by atoms with van der Waals surface area (Å²) in [6, 6.07) is 6.44. The van der Waals surface area contributed by atoms with Gasteiger partial charge in [0, 0.05) is 36.3 Å². The third-order valence-corrected chi connectivity index (χ3v) is 5.99. The molecule has 2 saturated heterocycles. The second-order valence-corrected chi connectivity index (χ2v) is 7.89. The van der Waals surface area contributed by atoms with Crippen LogP contribution >= 0.6 is 11.6 Å². The van der Waals surface area contributed by atoms with Crippen LogP contribution in [-0.2, 0) is 9.59 Å². The predicted octanol–water partition coefficient (Wildman–Crippen LogP) is 2.90. The molecule has 1 aromatic rings. The summed E-state index contributed by atoms with van der Waals surface area (Å²) >= 11 is 5.88. The molecule has 3 rings (SSSR count). The Balaban J connectivity index is 1.68. The molecule has 0 spiro atoms. The van der Waals surface area contributed by atoms with E-state index in [0.29, 0.717) is 43.1 Å². The van der Waals surface area contributed by atoms with Gasteiger partial charge < -0.3 is 14.9 Å². The standard InChI is InChI=1S/C20H25ClN2O4/c1-13-17(20(26)27)5-3-11-23(13)19(25)15-4-2-10-22(12-15)18(24)14-6-8-16(21)9-7-14/h6-9,13,15,17H,2-5,10-12H2,1H3,(H,26,27)/t13-,15?,17-/m1/s1. The topological polar surface area (TPSA) is 77.9 Å². The number of halogens is 1. The summed E-state index contributed by atoms with van der Waals surface area (Å²) in [4.78, 5) is 40.7. The minimum absolute atomic E-state index is 0.0259. The Morgan fingerprint density at radius 1 is 1.07 bits per heavy atom. The first-order valence-corrected chi connectivity index (χ1v) is 9.84. The van der Waals surface area contributed by atoms with Crippen LogP contribution in [-0.4, -0.2) is 58.4 Å². The number of piperidine rings is 2. The van der Waals surface area contributed by atoms with Crippen LogP contribution in [0.4, 0.5) is 0 Å². The molecule has 0 aliphatic carbocycles. The lowest BCUT2D eigenvalue weighted by atomic mass is 9.88. The van der Waals surface area contributed by atoms with Crippen LogP contribution in [0, 0.1) is 11.8 Å². The molecule has 0 radical (unpaired) electrons. The SMILES string of the molecule is C[C@@H]1[C@H](C(=O)O)CCCN1C(=O)C1CCCN(C(=O)c2ccc(Cl)cc2)C1. The molecule has 146 valence electrons. The Hall–Kier alpha value is -2.08. The molecule has 0 aromatic heterocycles. The number of carbonyl (C=O) groups is 3. The molecule has 2 heterocycles. The van der Waals surface area contributed by atoms with Crippen molar-refractivity contribution < 1.29 is 19.5 Å². The van der Waals surface area contributed by atoms with Crippen molar-refractivity contribution in [1.82, 2.24) is 9.80 Å². The van der Waals surface area contributed by atoms with E-state index in [-0.39, 0.29) is 23.8 Å². The smallest absolute Gasteiger partial charge is 0.308 e. The zero-order valence-corrected chi connectivity index (χ0v) is 16.2. The van der Waals surface area contributed by atoms with Crippen LogP contribution in [0.25, 0.3) is 0 Å². The van der Waals surface area contributed by atoms with E-state index >= 15 is 0 Å². The van der Waals surface area contributed by atoms with E-state index in [1.807, 2.05) is 6.92 Å². The van der Waals surface area contributed by atoms with Crippen LogP contribution in [0.2, 0.25) is 5.02 Å². The van der Waals surface area contributed by atoms with E-state index in [1.165, 1.54) is 0 Å². The number of carboxylic acids is 1. The Labute approximate surface area is 164 Å². The summed E-state index contributed by atoms with van der Waals surface area (Å²) in [5.74, 6) is -1.76. The molecular formula is C20H25ClN2O4. The molecule has 1 N–H and O–H groups in total. The van der Waals surface area contributed by atoms with Crippen LogP contribution in [0.1, 0.15) is 43.0 Å². The van der Waals surface area contributed by atoms with Crippen molar-refractivity contribution in [2.24, 2.45) is 11.8 Å². The van der Waals surface area contributed by atoms with Crippen LogP contribution < -0.4 is 0 Å². The summed E-state index contributed by atoms with van der Waals surface area (Å²) in [6.45, 7) is 3.40. The molecule has 6 nitrogen and oxygen atoms in total. The molecule has 7 heteroatoms. The lowest BCUT2D eigenvalue weighted by molar-refractivity contribution is -0.151. The summed E-state index contributed by atoms with van der Waals surface area (Å²) in [7, 11) is 0. The number of hydrogen-bond acceptors (Lipinski definition) is 3. The number of benzene rings is 1. The second kappa shape index (κ2) is 8.30. The number of amides is 2. The quantitative estimate of drug-likeness (QED) is 0.857. The van der Waals surface area contributed by atoms with Gasteiger partial charge in [-0.2, -0.15) is 0 Å². The fraction of sp³-hybridized carbons (Fsp3) is 0.550. The zero-order chi connectivity index (χ0) is 19.6. The minimum Gasteiger partial charge on any atom is -0.481 e. The highest BCUT2D eigenvalue weighted by Crippen LogP contribution is 2.28. The number of aliphatic carboxylic acids is 1. The van der Waals surface area contributed by atoms with E-state index in [0.717, 1.165) is 12.8 Å². The van der Waals surface area contributed by atoms with Crippen LogP contribution in [0.15, 0.2) is 24.3 Å². The largest absolute Gasteiger partial charge is 0.481 e. The van der Waals surface area contributed by atoms with E-state index < -0.39 is 11.9 Å². The van der Waals surface area contributed by atoms with Gasteiger partial charge in [-0.15, -0.1) is 0 Å². The highest BCUT2D eigenvalue weighted by Gasteiger charge is 2.39. The Kier molecular flexibility index (Phi) is 6.05. The van der Waals surface area contributed by atoms with E-state index in [4.69, 9.17) is 11.6 Å². The maximum atomic E-state index is 13.1. The molecule has 2 fully saturated rings. The molecule has 1 unspecified atom stereocenters. The molecular weight excluding hydrogens is 368 g/mol. The summed E-state index contributed by atoms with van der Waals surface area (Å²) in [6.07, 6.45) is 2.80. The van der Waals surface area contributed by atoms with Crippen molar-refractivity contribution in [3.63, 3.8) is 0 Å². The van der Waals surface area contributed by atoms with Crippen LogP contribution in [0.5, 0.6) is 0 Å². The highest BCUT2D eigenvalue weighted by molar-refractivity contribution is 6.30. The molecule has 3 atom stereocenters. The van der Waals surface area contributed by atoms with Crippen molar-refractivity contribution in [2.75, 3.05) is 19.6 Å². The van der Waals surface area contributed by atoms with Crippen molar-refractivity contribution in [2.45, 2.75) is 38.6 Å². The maximum absolute atomic E-state index is 13.1. The van der Waals surface area contributed by atoms with Gasteiger partial charge in [0.2, 0.25) is 5.91 Å². The van der Waals surface area contributed by atoms with Gasteiger partial charge >= 0.3 is 5.97 Å². The number of nitrogens with zero attached hydrogens (tertiary/aromatic N) is 2. The molecule has 2 aliphatic rings. The van der Waals surface area contributed by atoms with Gasteiger partial charge in [-0.25, -0.2) is 0 Å². The summed E-state index contributed by atoms with van der Waals surface area (Å²) < 4.78 is 0. The third kappa shape index (κ3) is 4.26. The molecule has 1 aromatic carbocycles. The predicted molar refractivity (Wildman–Crippen MR) is 102 cm³/mol. The third-order valence-electron chi connectivity index (χ3n) is 5.74. The van der Waals surface area contributed by atoms with Gasteiger partial charge in [-0.05, 0) is 56.9 Å². The van der Waals surface area contributed by atoms with E-state index in [2.05, 4.69) is 0 Å². The number of likely N-dealkylation sites (tertiary alicyclic amines) is 2. The van der Waals surface area contributed by atoms with E-state index in [9.17, 15) is 19.5 Å². The van der Waals surface area contributed by atoms with Crippen molar-refractivity contribution in [3.05, 3.63) is 34.9 Å². The van der Waals surface area contributed by atoms with Crippen LogP contribution in [0.3, 0.4) is 0 Å². The van der Waals surface area contributed by atoms with E-state index in [1.54, 1.807) is 34.1 Å². The number of rotatable bonds is 3. The fourth-order valence-corrected chi connectivity index (χ4v) is 4.28. The lowest BCUT2D eigenvalue weighted by Crippen LogP contribution is -2.53. The van der Waals surface area contributed by atoms with Gasteiger partial charge in [0.15, 0.2) is 0 Å².